The highest BCUT2D eigenvalue weighted by molar-refractivity contribution is 5.77. The zero-order valence-corrected chi connectivity index (χ0v) is 16.3. The maximum absolute atomic E-state index is 12.6. The molecule has 2 saturated carbocycles. The Morgan fingerprint density at radius 3 is 2.64 bits per heavy atom. The van der Waals surface area contributed by atoms with Crippen molar-refractivity contribution >= 4 is 11.9 Å². The molecular weight excluding hydrogens is 316 g/mol. The van der Waals surface area contributed by atoms with E-state index in [2.05, 4.69) is 20.4 Å². The average Bonchev–Trinajstić information content (AvgIpc) is 2.52. The Bertz CT molecular complexity index is 540. The Morgan fingerprint density at radius 1 is 1.36 bits per heavy atom. The van der Waals surface area contributed by atoms with Gasteiger partial charge in [0.05, 0.1) is 12.5 Å². The summed E-state index contributed by atoms with van der Waals surface area (Å²) in [5.74, 6) is 0.0482. The van der Waals surface area contributed by atoms with Crippen LogP contribution in [0.3, 0.4) is 0 Å². The number of ether oxygens (including phenoxy) is 1. The molecule has 0 saturated heterocycles. The Labute approximate surface area is 152 Å². The van der Waals surface area contributed by atoms with Crippen LogP contribution in [0.25, 0.3) is 0 Å². The number of aliphatic carboxylic acids is 1. The van der Waals surface area contributed by atoms with E-state index < -0.39 is 11.4 Å². The molecule has 0 aliphatic heterocycles. The van der Waals surface area contributed by atoms with Gasteiger partial charge in [0, 0.05) is 6.42 Å². The SMILES string of the molecule is C=C1CC[C@@H]2[C@](C)(CCC[C@@]2(C)C(=O)OC)[C@@H]1CC[C@H](C)CC(=O)O. The number of hydrogen-bond acceptors (Lipinski definition) is 3. The maximum Gasteiger partial charge on any atom is 0.311 e. The maximum atomic E-state index is 12.6. The molecule has 2 fully saturated rings. The first kappa shape index (κ1) is 20.0. The third kappa shape index (κ3) is 3.78. The van der Waals surface area contributed by atoms with Gasteiger partial charge in [-0.15, -0.1) is 0 Å². The monoisotopic (exact) mass is 350 g/mol. The van der Waals surface area contributed by atoms with Crippen LogP contribution in [0.4, 0.5) is 0 Å². The van der Waals surface area contributed by atoms with Crippen LogP contribution in [-0.2, 0) is 14.3 Å². The van der Waals surface area contributed by atoms with Crippen molar-refractivity contribution in [2.75, 3.05) is 7.11 Å². The lowest BCUT2D eigenvalue weighted by Crippen LogP contribution is -2.53. The standard InChI is InChI=1S/C21H34O4/c1-14(13-18(22)23)7-9-16-15(2)8-10-17-20(16,3)11-6-12-21(17,4)19(24)25-5/h14,16-17H,2,6-13H2,1,3-5H3,(H,22,23)/t14-,16+,17+,20+,21+/m0/s1. The minimum atomic E-state index is -0.727. The molecule has 0 bridgehead atoms. The van der Waals surface area contributed by atoms with Crippen LogP contribution in [0.15, 0.2) is 12.2 Å². The van der Waals surface area contributed by atoms with Crippen molar-refractivity contribution in [3.05, 3.63) is 12.2 Å². The summed E-state index contributed by atoms with van der Waals surface area (Å²) < 4.78 is 5.16. The van der Waals surface area contributed by atoms with Gasteiger partial charge in [-0.1, -0.05) is 32.4 Å². The molecule has 5 atom stereocenters. The van der Waals surface area contributed by atoms with E-state index in [1.54, 1.807) is 0 Å². The summed E-state index contributed by atoms with van der Waals surface area (Å²) in [6.07, 6.45) is 7.10. The Balaban J connectivity index is 2.21. The van der Waals surface area contributed by atoms with Crippen molar-refractivity contribution in [3.63, 3.8) is 0 Å². The fourth-order valence-corrected chi connectivity index (χ4v) is 5.81. The summed E-state index contributed by atoms with van der Waals surface area (Å²) in [7, 11) is 1.49. The van der Waals surface area contributed by atoms with Gasteiger partial charge in [-0.3, -0.25) is 9.59 Å². The predicted molar refractivity (Wildman–Crippen MR) is 98.1 cm³/mol. The summed E-state index contributed by atoms with van der Waals surface area (Å²) in [6, 6.07) is 0. The minimum absolute atomic E-state index is 0.0550. The van der Waals surface area contributed by atoms with E-state index in [0.717, 1.165) is 44.9 Å². The molecule has 142 valence electrons. The highest BCUT2D eigenvalue weighted by Crippen LogP contribution is 2.62. The first-order valence-corrected chi connectivity index (χ1v) is 9.63. The lowest BCUT2D eigenvalue weighted by Gasteiger charge is -2.57. The van der Waals surface area contributed by atoms with Gasteiger partial charge < -0.3 is 9.84 Å². The third-order valence-corrected chi connectivity index (χ3v) is 7.14. The highest BCUT2D eigenvalue weighted by atomic mass is 16.5. The van der Waals surface area contributed by atoms with E-state index in [1.165, 1.54) is 12.7 Å². The number of hydrogen-bond donors (Lipinski definition) is 1. The summed E-state index contributed by atoms with van der Waals surface area (Å²) in [4.78, 5) is 23.5. The van der Waals surface area contributed by atoms with Crippen LogP contribution >= 0.6 is 0 Å². The molecule has 0 aromatic carbocycles. The van der Waals surface area contributed by atoms with Crippen molar-refractivity contribution in [2.45, 2.75) is 72.1 Å². The van der Waals surface area contributed by atoms with Crippen LogP contribution < -0.4 is 0 Å². The van der Waals surface area contributed by atoms with Gasteiger partial charge in [0.2, 0.25) is 0 Å². The van der Waals surface area contributed by atoms with Crippen LogP contribution in [0, 0.1) is 28.6 Å². The normalized spacial score (nSPS) is 36.4. The summed E-state index contributed by atoms with van der Waals surface area (Å²) in [5.41, 5.74) is 0.933. The van der Waals surface area contributed by atoms with E-state index in [0.29, 0.717) is 11.8 Å². The minimum Gasteiger partial charge on any atom is -0.481 e. The number of allylic oxidation sites excluding steroid dienone is 1. The number of rotatable bonds is 6. The Hall–Kier alpha value is -1.32. The molecule has 2 aliphatic rings. The lowest BCUT2D eigenvalue weighted by atomic mass is 9.46. The predicted octanol–water partition coefficient (Wildman–Crippen LogP) is 4.83. The number of fused-ring (bicyclic) bond motifs is 1. The third-order valence-electron chi connectivity index (χ3n) is 7.14. The topological polar surface area (TPSA) is 63.6 Å². The molecule has 0 heterocycles. The summed E-state index contributed by atoms with van der Waals surface area (Å²) in [5, 5.41) is 9.00. The van der Waals surface area contributed by atoms with Crippen LogP contribution in [0.5, 0.6) is 0 Å². The van der Waals surface area contributed by atoms with E-state index in [-0.39, 0.29) is 23.7 Å². The van der Waals surface area contributed by atoms with Gasteiger partial charge in [0.25, 0.3) is 0 Å². The molecule has 0 aromatic rings. The Morgan fingerprint density at radius 2 is 2.04 bits per heavy atom. The van der Waals surface area contributed by atoms with Crippen LogP contribution in [0.2, 0.25) is 0 Å². The van der Waals surface area contributed by atoms with Gasteiger partial charge in [0.1, 0.15) is 0 Å². The number of carboxylic acids is 1. The largest absolute Gasteiger partial charge is 0.481 e. The van der Waals surface area contributed by atoms with Crippen molar-refractivity contribution in [1.29, 1.82) is 0 Å². The molecule has 0 aromatic heterocycles. The van der Waals surface area contributed by atoms with Crippen molar-refractivity contribution in [1.82, 2.24) is 0 Å². The van der Waals surface area contributed by atoms with E-state index in [4.69, 9.17) is 9.84 Å². The van der Waals surface area contributed by atoms with Gasteiger partial charge in [-0.25, -0.2) is 0 Å². The van der Waals surface area contributed by atoms with Gasteiger partial charge in [-0.2, -0.15) is 0 Å². The number of carboxylic acid groups (broad SMARTS) is 1. The molecule has 0 amide bonds. The summed E-state index contributed by atoms with van der Waals surface area (Å²) in [6.45, 7) is 10.8. The second-order valence-electron chi connectivity index (χ2n) is 8.85. The molecule has 4 nitrogen and oxygen atoms in total. The fraction of sp³-hybridized carbons (Fsp3) is 0.810. The molecule has 4 heteroatoms. The number of methoxy groups -OCH3 is 1. The van der Waals surface area contributed by atoms with Gasteiger partial charge in [-0.05, 0) is 68.6 Å². The average molecular weight is 350 g/mol. The Kier molecular flexibility index (Phi) is 6.01. The number of carbonyl (C=O) groups is 2. The van der Waals surface area contributed by atoms with Gasteiger partial charge >= 0.3 is 11.9 Å². The zero-order valence-electron chi connectivity index (χ0n) is 16.3. The first-order valence-electron chi connectivity index (χ1n) is 9.63. The van der Waals surface area contributed by atoms with Crippen LogP contribution in [-0.4, -0.2) is 24.2 Å². The highest BCUT2D eigenvalue weighted by Gasteiger charge is 2.57. The van der Waals surface area contributed by atoms with Crippen molar-refractivity contribution in [2.24, 2.45) is 28.6 Å². The fourth-order valence-electron chi connectivity index (χ4n) is 5.81. The molecule has 2 aliphatic carbocycles. The zero-order chi connectivity index (χ0) is 18.8. The summed E-state index contributed by atoms with van der Waals surface area (Å²) >= 11 is 0. The molecule has 1 N–H and O–H groups in total. The van der Waals surface area contributed by atoms with Crippen molar-refractivity contribution < 1.29 is 19.4 Å². The quantitative estimate of drug-likeness (QED) is 0.550. The van der Waals surface area contributed by atoms with Crippen LogP contribution in [0.1, 0.15) is 72.1 Å². The molecule has 2 rings (SSSR count). The number of esters is 1. The molecule has 0 radical (unpaired) electrons. The van der Waals surface area contributed by atoms with Gasteiger partial charge in [0.15, 0.2) is 0 Å². The molecule has 25 heavy (non-hydrogen) atoms. The van der Waals surface area contributed by atoms with Crippen molar-refractivity contribution in [3.8, 4) is 0 Å². The van der Waals surface area contributed by atoms with E-state index >= 15 is 0 Å². The molecular formula is C21H34O4. The molecule has 0 spiro atoms. The lowest BCUT2D eigenvalue weighted by molar-refractivity contribution is -0.168. The molecule has 0 unspecified atom stereocenters. The first-order chi connectivity index (χ1) is 11.6. The van der Waals surface area contributed by atoms with E-state index in [9.17, 15) is 9.59 Å². The smallest absolute Gasteiger partial charge is 0.311 e. The number of carbonyl (C=O) groups excluding carboxylic acids is 1. The van der Waals surface area contributed by atoms with E-state index in [1.807, 2.05) is 6.92 Å². The second kappa shape index (κ2) is 7.51. The second-order valence-corrected chi connectivity index (χ2v) is 8.85.